The van der Waals surface area contributed by atoms with Gasteiger partial charge in [-0.05, 0) is 19.1 Å². The molecule has 0 unspecified atom stereocenters. The lowest BCUT2D eigenvalue weighted by atomic mass is 10.2. The molecule has 0 aliphatic heterocycles. The molecule has 0 amide bonds. The molecule has 7 heteroatoms. The van der Waals surface area contributed by atoms with E-state index < -0.39 is 15.8 Å². The van der Waals surface area contributed by atoms with Gasteiger partial charge in [-0.2, -0.15) is 0 Å². The first kappa shape index (κ1) is 14.9. The molecule has 0 atom stereocenters. The van der Waals surface area contributed by atoms with Gasteiger partial charge in [0.25, 0.3) is 0 Å². The Morgan fingerprint density at radius 2 is 2.17 bits per heavy atom. The summed E-state index contributed by atoms with van der Waals surface area (Å²) in [4.78, 5) is 0. The van der Waals surface area contributed by atoms with Crippen molar-refractivity contribution in [1.82, 2.24) is 0 Å². The largest absolute Gasteiger partial charge is 0.381 e. The average molecular weight is 276 g/mol. The predicted molar refractivity (Wildman–Crippen MR) is 68.2 cm³/mol. The van der Waals surface area contributed by atoms with Crippen LogP contribution < -0.4 is 10.5 Å². The smallest absolute Gasteiger partial charge is 0.235 e. The average Bonchev–Trinajstić information content (AvgIpc) is 2.29. The van der Waals surface area contributed by atoms with Crippen LogP contribution >= 0.6 is 0 Å². The molecular formula is C11H17FN2O3S. The Labute approximate surface area is 106 Å². The third-order valence-corrected chi connectivity index (χ3v) is 3.52. The zero-order chi connectivity index (χ0) is 13.6. The van der Waals surface area contributed by atoms with Crippen molar-refractivity contribution in [2.45, 2.75) is 13.5 Å². The number of nitrogens with two attached hydrogens (primary N) is 1. The standard InChI is InChI=1S/C11H17FN2O3S/c1-2-17-6-7-18(15,16)14-11-5-3-4-10(12)9(11)8-13/h3-5,14H,2,6-8,13H2,1H3. The van der Waals surface area contributed by atoms with E-state index in [0.29, 0.717) is 6.61 Å². The summed E-state index contributed by atoms with van der Waals surface area (Å²) in [7, 11) is -3.55. The van der Waals surface area contributed by atoms with Crippen molar-refractivity contribution >= 4 is 15.7 Å². The first-order valence-electron chi connectivity index (χ1n) is 5.56. The van der Waals surface area contributed by atoms with E-state index in [2.05, 4.69) is 4.72 Å². The molecule has 0 heterocycles. The van der Waals surface area contributed by atoms with Gasteiger partial charge < -0.3 is 10.5 Å². The Kier molecular flexibility index (Phi) is 5.52. The van der Waals surface area contributed by atoms with Crippen LogP contribution in [0.3, 0.4) is 0 Å². The molecule has 0 aliphatic rings. The maximum absolute atomic E-state index is 13.4. The number of rotatable bonds is 7. The maximum Gasteiger partial charge on any atom is 0.235 e. The van der Waals surface area contributed by atoms with Crippen molar-refractivity contribution in [3.63, 3.8) is 0 Å². The van der Waals surface area contributed by atoms with E-state index in [4.69, 9.17) is 10.5 Å². The van der Waals surface area contributed by atoms with E-state index in [1.54, 1.807) is 6.92 Å². The zero-order valence-electron chi connectivity index (χ0n) is 10.1. The summed E-state index contributed by atoms with van der Waals surface area (Å²) in [5.74, 6) is -0.705. The lowest BCUT2D eigenvalue weighted by molar-refractivity contribution is 0.163. The number of sulfonamides is 1. The summed E-state index contributed by atoms with van der Waals surface area (Å²) in [6.45, 7) is 2.25. The lowest BCUT2D eigenvalue weighted by Crippen LogP contribution is -2.21. The Bertz CT molecular complexity index is 491. The molecule has 1 rings (SSSR count). The molecule has 18 heavy (non-hydrogen) atoms. The number of benzene rings is 1. The van der Waals surface area contributed by atoms with E-state index in [9.17, 15) is 12.8 Å². The third-order valence-electron chi connectivity index (χ3n) is 2.29. The summed E-state index contributed by atoms with van der Waals surface area (Å²) < 4.78 is 44.1. The summed E-state index contributed by atoms with van der Waals surface area (Å²) in [5.41, 5.74) is 5.72. The van der Waals surface area contributed by atoms with E-state index in [-0.39, 0.29) is 30.2 Å². The molecule has 5 nitrogen and oxygen atoms in total. The van der Waals surface area contributed by atoms with Gasteiger partial charge in [0.1, 0.15) is 5.82 Å². The number of nitrogens with one attached hydrogen (secondary N) is 1. The van der Waals surface area contributed by atoms with E-state index in [1.807, 2.05) is 0 Å². The number of hydrogen-bond donors (Lipinski definition) is 2. The van der Waals surface area contributed by atoms with Gasteiger partial charge in [0.15, 0.2) is 0 Å². The highest BCUT2D eigenvalue weighted by atomic mass is 32.2. The minimum absolute atomic E-state index is 0.0734. The summed E-state index contributed by atoms with van der Waals surface area (Å²) >= 11 is 0. The predicted octanol–water partition coefficient (Wildman–Crippen LogP) is 1.06. The van der Waals surface area contributed by atoms with Gasteiger partial charge in [0, 0.05) is 18.7 Å². The number of halogens is 1. The van der Waals surface area contributed by atoms with Crippen molar-refractivity contribution in [2.24, 2.45) is 5.73 Å². The van der Waals surface area contributed by atoms with Gasteiger partial charge in [-0.15, -0.1) is 0 Å². The fraction of sp³-hybridized carbons (Fsp3) is 0.455. The minimum atomic E-state index is -3.55. The molecule has 0 spiro atoms. The van der Waals surface area contributed by atoms with Crippen LogP contribution in [-0.2, 0) is 21.3 Å². The molecule has 0 saturated carbocycles. The second-order valence-electron chi connectivity index (χ2n) is 3.59. The fourth-order valence-electron chi connectivity index (χ4n) is 1.39. The number of anilines is 1. The van der Waals surface area contributed by atoms with E-state index in [1.165, 1.54) is 18.2 Å². The van der Waals surface area contributed by atoms with Crippen LogP contribution in [0.5, 0.6) is 0 Å². The second-order valence-corrected chi connectivity index (χ2v) is 5.43. The Morgan fingerprint density at radius 1 is 1.44 bits per heavy atom. The molecule has 0 bridgehead atoms. The van der Waals surface area contributed by atoms with Crippen molar-refractivity contribution in [2.75, 3.05) is 23.7 Å². The lowest BCUT2D eigenvalue weighted by Gasteiger charge is -2.12. The second kappa shape index (κ2) is 6.67. The van der Waals surface area contributed by atoms with Crippen molar-refractivity contribution in [1.29, 1.82) is 0 Å². The molecular weight excluding hydrogens is 259 g/mol. The Morgan fingerprint density at radius 3 is 2.78 bits per heavy atom. The van der Waals surface area contributed by atoms with Gasteiger partial charge in [0.05, 0.1) is 18.0 Å². The van der Waals surface area contributed by atoms with Crippen molar-refractivity contribution in [3.8, 4) is 0 Å². The van der Waals surface area contributed by atoms with Crippen molar-refractivity contribution in [3.05, 3.63) is 29.6 Å². The molecule has 1 aromatic carbocycles. The van der Waals surface area contributed by atoms with Gasteiger partial charge >= 0.3 is 0 Å². The summed E-state index contributed by atoms with van der Waals surface area (Å²) in [6.07, 6.45) is 0. The monoisotopic (exact) mass is 276 g/mol. The molecule has 1 aromatic rings. The van der Waals surface area contributed by atoms with Crippen LogP contribution in [0.15, 0.2) is 18.2 Å². The van der Waals surface area contributed by atoms with Crippen LogP contribution in [0.25, 0.3) is 0 Å². The number of hydrogen-bond acceptors (Lipinski definition) is 4. The quantitative estimate of drug-likeness (QED) is 0.730. The van der Waals surface area contributed by atoms with Gasteiger partial charge in [-0.1, -0.05) is 6.07 Å². The maximum atomic E-state index is 13.4. The SMILES string of the molecule is CCOCCS(=O)(=O)Nc1cccc(F)c1CN. The molecule has 0 aromatic heterocycles. The van der Waals surface area contributed by atoms with Crippen LogP contribution in [0, 0.1) is 5.82 Å². The summed E-state index contributed by atoms with van der Waals surface area (Å²) in [6, 6.07) is 4.14. The van der Waals surface area contributed by atoms with Crippen molar-refractivity contribution < 1.29 is 17.5 Å². The summed E-state index contributed by atoms with van der Waals surface area (Å²) in [5, 5.41) is 0. The van der Waals surface area contributed by atoms with Gasteiger partial charge in [0.2, 0.25) is 10.0 Å². The van der Waals surface area contributed by atoms with Crippen LogP contribution in [0.1, 0.15) is 12.5 Å². The van der Waals surface area contributed by atoms with Gasteiger partial charge in [-0.25, -0.2) is 12.8 Å². The van der Waals surface area contributed by atoms with Crippen LogP contribution in [0.4, 0.5) is 10.1 Å². The van der Waals surface area contributed by atoms with Crippen LogP contribution in [-0.4, -0.2) is 27.4 Å². The fourth-order valence-corrected chi connectivity index (χ4v) is 2.36. The first-order valence-corrected chi connectivity index (χ1v) is 7.21. The molecule has 102 valence electrons. The highest BCUT2D eigenvalue weighted by Gasteiger charge is 2.14. The van der Waals surface area contributed by atoms with Crippen LogP contribution in [0.2, 0.25) is 0 Å². The highest BCUT2D eigenvalue weighted by molar-refractivity contribution is 7.92. The normalized spacial score (nSPS) is 11.5. The zero-order valence-corrected chi connectivity index (χ0v) is 11.0. The van der Waals surface area contributed by atoms with Gasteiger partial charge in [-0.3, -0.25) is 4.72 Å². The molecule has 0 fully saturated rings. The molecule has 0 radical (unpaired) electrons. The minimum Gasteiger partial charge on any atom is -0.381 e. The highest BCUT2D eigenvalue weighted by Crippen LogP contribution is 2.19. The van der Waals surface area contributed by atoms with E-state index >= 15 is 0 Å². The Balaban J connectivity index is 2.81. The van der Waals surface area contributed by atoms with E-state index in [0.717, 1.165) is 0 Å². The topological polar surface area (TPSA) is 81.4 Å². The molecule has 0 aliphatic carbocycles. The first-order chi connectivity index (χ1) is 8.50. The third kappa shape index (κ3) is 4.25. The Hall–Kier alpha value is -1.18. The molecule has 0 saturated heterocycles. The number of ether oxygens (including phenoxy) is 1. The molecule has 3 N–H and O–H groups in total.